The van der Waals surface area contributed by atoms with E-state index in [2.05, 4.69) is 21.6 Å². The molecular formula is C24H20N6O. The van der Waals surface area contributed by atoms with Crippen molar-refractivity contribution in [3.8, 4) is 5.69 Å². The lowest BCUT2D eigenvalue weighted by Gasteiger charge is -2.16. The first-order valence-corrected chi connectivity index (χ1v) is 9.87. The van der Waals surface area contributed by atoms with E-state index in [-0.39, 0.29) is 5.56 Å². The van der Waals surface area contributed by atoms with Gasteiger partial charge in [-0.3, -0.25) is 9.36 Å². The Morgan fingerprint density at radius 2 is 1.87 bits per heavy atom. The molecule has 0 fully saturated rings. The second-order valence-electron chi connectivity index (χ2n) is 7.36. The summed E-state index contributed by atoms with van der Waals surface area (Å²) in [5.41, 5.74) is 9.73. The number of aryl methyl sites for hydroxylation is 1. The average Bonchev–Trinajstić information content (AvgIpc) is 3.13. The van der Waals surface area contributed by atoms with Crippen LogP contribution in [0.25, 0.3) is 33.6 Å². The molecule has 0 aliphatic rings. The Morgan fingerprint density at radius 1 is 1.06 bits per heavy atom. The number of fused-ring (bicyclic) bond motifs is 2. The third-order valence-electron chi connectivity index (χ3n) is 5.44. The molecule has 0 saturated heterocycles. The van der Waals surface area contributed by atoms with Crippen LogP contribution in [0.5, 0.6) is 0 Å². The first-order valence-electron chi connectivity index (χ1n) is 9.87. The zero-order valence-corrected chi connectivity index (χ0v) is 17.0. The maximum absolute atomic E-state index is 13.6. The van der Waals surface area contributed by atoms with Crippen LogP contribution in [0.2, 0.25) is 0 Å². The van der Waals surface area contributed by atoms with Gasteiger partial charge in [-0.05, 0) is 42.1 Å². The van der Waals surface area contributed by atoms with Crippen LogP contribution in [0.3, 0.4) is 0 Å². The molecule has 31 heavy (non-hydrogen) atoms. The van der Waals surface area contributed by atoms with Crippen LogP contribution in [-0.2, 0) is 6.54 Å². The van der Waals surface area contributed by atoms with Crippen LogP contribution in [0.4, 0.5) is 5.82 Å². The van der Waals surface area contributed by atoms with Crippen LogP contribution in [0.1, 0.15) is 17.0 Å². The van der Waals surface area contributed by atoms with Gasteiger partial charge in [-0.15, -0.1) is 0 Å². The SMILES string of the molecule is C=Cc1nn(Cc2cc3cccc(C)c3c(=O)n2-c2ccccc2)c2ncnc(N)c12. The Hall–Kier alpha value is -4.26. The fraction of sp³-hybridized carbons (Fsp3) is 0.0833. The molecule has 2 aromatic carbocycles. The number of nitrogen functional groups attached to an aromatic ring is 1. The lowest BCUT2D eigenvalue weighted by atomic mass is 10.1. The van der Waals surface area contributed by atoms with Gasteiger partial charge in [0.1, 0.15) is 12.1 Å². The Kier molecular flexibility index (Phi) is 4.36. The Balaban J connectivity index is 1.80. The lowest BCUT2D eigenvalue weighted by molar-refractivity contribution is 0.668. The minimum Gasteiger partial charge on any atom is -0.383 e. The molecule has 0 radical (unpaired) electrons. The van der Waals surface area contributed by atoms with Crippen molar-refractivity contribution in [1.82, 2.24) is 24.3 Å². The molecule has 0 spiro atoms. The van der Waals surface area contributed by atoms with Crippen molar-refractivity contribution in [2.24, 2.45) is 0 Å². The Labute approximate surface area is 178 Å². The average molecular weight is 408 g/mol. The summed E-state index contributed by atoms with van der Waals surface area (Å²) in [6.07, 6.45) is 3.04. The molecule has 0 aliphatic carbocycles. The van der Waals surface area contributed by atoms with Crippen LogP contribution >= 0.6 is 0 Å². The van der Waals surface area contributed by atoms with Crippen LogP contribution in [0.15, 0.2) is 72.3 Å². The molecule has 7 nitrogen and oxygen atoms in total. The number of benzene rings is 2. The van der Waals surface area contributed by atoms with E-state index in [0.29, 0.717) is 34.5 Å². The van der Waals surface area contributed by atoms with Crippen molar-refractivity contribution in [2.75, 3.05) is 5.73 Å². The predicted molar refractivity (Wildman–Crippen MR) is 123 cm³/mol. The minimum absolute atomic E-state index is 0.0636. The molecule has 0 saturated carbocycles. The second-order valence-corrected chi connectivity index (χ2v) is 7.36. The largest absolute Gasteiger partial charge is 0.383 e. The number of hydrogen-bond donors (Lipinski definition) is 1. The molecule has 5 aromatic rings. The van der Waals surface area contributed by atoms with Gasteiger partial charge in [-0.1, -0.05) is 43.0 Å². The smallest absolute Gasteiger partial charge is 0.263 e. The summed E-state index contributed by atoms with van der Waals surface area (Å²) in [7, 11) is 0. The number of nitrogens with zero attached hydrogens (tertiary/aromatic N) is 5. The molecule has 0 amide bonds. The molecule has 3 heterocycles. The number of aromatic nitrogens is 5. The van der Waals surface area contributed by atoms with Crippen LogP contribution in [-0.4, -0.2) is 24.3 Å². The topological polar surface area (TPSA) is 91.6 Å². The Morgan fingerprint density at radius 3 is 2.65 bits per heavy atom. The van der Waals surface area contributed by atoms with E-state index in [1.165, 1.54) is 6.33 Å². The van der Waals surface area contributed by atoms with E-state index in [0.717, 1.165) is 22.3 Å². The van der Waals surface area contributed by atoms with Gasteiger partial charge in [0.2, 0.25) is 0 Å². The van der Waals surface area contributed by atoms with E-state index in [9.17, 15) is 4.79 Å². The van der Waals surface area contributed by atoms with Gasteiger partial charge in [-0.25, -0.2) is 14.6 Å². The number of anilines is 1. The number of nitrogens with two attached hydrogens (primary N) is 1. The van der Waals surface area contributed by atoms with E-state index in [1.54, 1.807) is 15.3 Å². The molecule has 3 aromatic heterocycles. The van der Waals surface area contributed by atoms with Crippen molar-refractivity contribution in [3.05, 3.63) is 94.8 Å². The molecule has 152 valence electrons. The number of rotatable bonds is 4. The monoisotopic (exact) mass is 408 g/mol. The van der Waals surface area contributed by atoms with Crippen molar-refractivity contribution in [3.63, 3.8) is 0 Å². The van der Waals surface area contributed by atoms with E-state index >= 15 is 0 Å². The highest BCUT2D eigenvalue weighted by atomic mass is 16.1. The van der Waals surface area contributed by atoms with Gasteiger partial charge in [0.05, 0.1) is 23.0 Å². The minimum atomic E-state index is -0.0636. The molecule has 5 rings (SSSR count). The summed E-state index contributed by atoms with van der Waals surface area (Å²) >= 11 is 0. The van der Waals surface area contributed by atoms with E-state index in [4.69, 9.17) is 5.73 Å². The third kappa shape index (κ3) is 2.98. The molecule has 0 atom stereocenters. The lowest BCUT2D eigenvalue weighted by Crippen LogP contribution is -2.24. The van der Waals surface area contributed by atoms with E-state index in [1.807, 2.05) is 61.5 Å². The van der Waals surface area contributed by atoms with Crippen molar-refractivity contribution in [2.45, 2.75) is 13.5 Å². The van der Waals surface area contributed by atoms with Gasteiger partial charge in [-0.2, -0.15) is 5.10 Å². The summed E-state index contributed by atoms with van der Waals surface area (Å²) in [4.78, 5) is 22.1. The summed E-state index contributed by atoms with van der Waals surface area (Å²) in [6, 6.07) is 17.5. The van der Waals surface area contributed by atoms with Gasteiger partial charge >= 0.3 is 0 Å². The van der Waals surface area contributed by atoms with Gasteiger partial charge in [0.15, 0.2) is 5.65 Å². The number of para-hydroxylation sites is 1. The fourth-order valence-corrected chi connectivity index (χ4v) is 4.03. The van der Waals surface area contributed by atoms with Crippen molar-refractivity contribution in [1.29, 1.82) is 0 Å². The van der Waals surface area contributed by atoms with Crippen molar-refractivity contribution < 1.29 is 0 Å². The predicted octanol–water partition coefficient (Wildman–Crippen LogP) is 3.71. The first-order chi connectivity index (χ1) is 15.1. The number of hydrogen-bond acceptors (Lipinski definition) is 5. The van der Waals surface area contributed by atoms with Gasteiger partial charge < -0.3 is 5.73 Å². The quantitative estimate of drug-likeness (QED) is 0.489. The summed E-state index contributed by atoms with van der Waals surface area (Å²) in [5, 5.41) is 6.88. The maximum Gasteiger partial charge on any atom is 0.263 e. The number of pyridine rings is 1. The second kappa shape index (κ2) is 7.21. The molecule has 0 bridgehead atoms. The highest BCUT2D eigenvalue weighted by molar-refractivity contribution is 5.92. The summed E-state index contributed by atoms with van der Waals surface area (Å²) in [6.45, 7) is 6.11. The molecule has 0 aliphatic heterocycles. The molecule has 7 heteroatoms. The van der Waals surface area contributed by atoms with Crippen molar-refractivity contribution >= 4 is 33.7 Å². The zero-order chi connectivity index (χ0) is 21.5. The Bertz CT molecular complexity index is 1510. The molecule has 0 unspecified atom stereocenters. The first kappa shape index (κ1) is 18.7. The third-order valence-corrected chi connectivity index (χ3v) is 5.44. The van der Waals surface area contributed by atoms with Gasteiger partial charge in [0.25, 0.3) is 5.56 Å². The van der Waals surface area contributed by atoms with E-state index < -0.39 is 0 Å². The maximum atomic E-state index is 13.6. The zero-order valence-electron chi connectivity index (χ0n) is 17.0. The molecular weight excluding hydrogens is 388 g/mol. The van der Waals surface area contributed by atoms with Crippen LogP contribution < -0.4 is 11.3 Å². The summed E-state index contributed by atoms with van der Waals surface area (Å²) < 4.78 is 3.47. The van der Waals surface area contributed by atoms with Gasteiger partial charge in [0, 0.05) is 11.4 Å². The van der Waals surface area contributed by atoms with Crippen LogP contribution in [0, 0.1) is 6.92 Å². The fourth-order valence-electron chi connectivity index (χ4n) is 4.03. The highest BCUT2D eigenvalue weighted by Gasteiger charge is 2.17. The normalized spacial score (nSPS) is 11.3. The standard InChI is InChI=1S/C24H20N6O/c1-3-19-21-22(25)26-14-27-23(21)29(28-19)13-18-12-16-9-7-8-15(2)20(16)24(31)30(18)17-10-5-4-6-11-17/h3-12,14H,1,13H2,2H3,(H2,25,26,27). The highest BCUT2D eigenvalue weighted by Crippen LogP contribution is 2.24. The molecule has 2 N–H and O–H groups in total. The summed E-state index contributed by atoms with van der Waals surface area (Å²) in [5.74, 6) is 0.348.